The molecule has 19 heavy (non-hydrogen) atoms. The molecule has 0 unspecified atom stereocenters. The molecule has 0 fully saturated rings. The van der Waals surface area contributed by atoms with Crippen LogP contribution in [0.25, 0.3) is 0 Å². The first kappa shape index (κ1) is 13.8. The Kier molecular flexibility index (Phi) is 3.75. The molecule has 0 aliphatic heterocycles. The zero-order chi connectivity index (χ0) is 14.0. The molecule has 98 valence electrons. The Hall–Kier alpha value is -1.62. The SMILES string of the molecule is N#Cc1ccc(S(=O)(=O)Nc2cc(Cl)ccc2F)s1. The van der Waals surface area contributed by atoms with Crippen LogP contribution < -0.4 is 4.72 Å². The van der Waals surface area contributed by atoms with Crippen LogP contribution >= 0.6 is 22.9 Å². The van der Waals surface area contributed by atoms with Crippen molar-refractivity contribution >= 4 is 38.6 Å². The Bertz CT molecular complexity index is 765. The lowest BCUT2D eigenvalue weighted by Gasteiger charge is -2.07. The fourth-order valence-corrected chi connectivity index (χ4v) is 3.63. The van der Waals surface area contributed by atoms with E-state index >= 15 is 0 Å². The molecule has 2 aromatic rings. The molecule has 1 aromatic heterocycles. The number of anilines is 1. The van der Waals surface area contributed by atoms with Crippen molar-refractivity contribution in [1.29, 1.82) is 5.26 Å². The van der Waals surface area contributed by atoms with Crippen molar-refractivity contribution in [3.63, 3.8) is 0 Å². The monoisotopic (exact) mass is 316 g/mol. The Morgan fingerprint density at radius 1 is 1.32 bits per heavy atom. The van der Waals surface area contributed by atoms with Crippen LogP contribution in [0.15, 0.2) is 34.5 Å². The molecule has 0 atom stereocenters. The molecule has 0 aliphatic rings. The maximum atomic E-state index is 13.5. The molecule has 0 amide bonds. The van der Waals surface area contributed by atoms with Gasteiger partial charge < -0.3 is 0 Å². The van der Waals surface area contributed by atoms with Gasteiger partial charge in [0.05, 0.1) is 5.69 Å². The average Bonchev–Trinajstić information content (AvgIpc) is 2.83. The molecule has 0 radical (unpaired) electrons. The smallest absolute Gasteiger partial charge is 0.271 e. The summed E-state index contributed by atoms with van der Waals surface area (Å²) < 4.78 is 39.4. The van der Waals surface area contributed by atoms with Crippen LogP contribution in [0.4, 0.5) is 10.1 Å². The zero-order valence-electron chi connectivity index (χ0n) is 9.22. The minimum atomic E-state index is -3.92. The molecule has 8 heteroatoms. The third-order valence-corrected chi connectivity index (χ3v) is 5.21. The molecular weight excluding hydrogens is 311 g/mol. The Labute approximate surface area is 118 Å². The lowest BCUT2D eigenvalue weighted by molar-refractivity contribution is 0.600. The van der Waals surface area contributed by atoms with Crippen LogP contribution in [0.2, 0.25) is 5.02 Å². The van der Waals surface area contributed by atoms with Crippen molar-refractivity contribution in [2.75, 3.05) is 4.72 Å². The summed E-state index contributed by atoms with van der Waals surface area (Å²) in [5, 5.41) is 8.87. The number of halogens is 2. The lowest BCUT2D eigenvalue weighted by atomic mass is 10.3. The van der Waals surface area contributed by atoms with E-state index in [1.807, 2.05) is 6.07 Å². The first-order valence-corrected chi connectivity index (χ1v) is 7.58. The fourth-order valence-electron chi connectivity index (χ4n) is 1.30. The number of nitrogens with one attached hydrogen (secondary N) is 1. The van der Waals surface area contributed by atoms with Crippen LogP contribution in [0, 0.1) is 17.1 Å². The van der Waals surface area contributed by atoms with Gasteiger partial charge in [0.2, 0.25) is 0 Å². The predicted octanol–water partition coefficient (Wildman–Crippen LogP) is 3.21. The van der Waals surface area contributed by atoms with Gasteiger partial charge in [0, 0.05) is 5.02 Å². The number of nitrogens with zero attached hydrogens (tertiary/aromatic N) is 1. The molecule has 1 aromatic carbocycles. The van der Waals surface area contributed by atoms with Crippen molar-refractivity contribution in [2.24, 2.45) is 0 Å². The summed E-state index contributed by atoms with van der Waals surface area (Å²) in [5.41, 5.74) is -0.237. The van der Waals surface area contributed by atoms with Gasteiger partial charge >= 0.3 is 0 Å². The number of rotatable bonds is 3. The van der Waals surface area contributed by atoms with E-state index in [2.05, 4.69) is 4.72 Å². The van der Waals surface area contributed by atoms with E-state index in [-0.39, 0.29) is 19.8 Å². The van der Waals surface area contributed by atoms with Gasteiger partial charge in [-0.15, -0.1) is 11.3 Å². The Morgan fingerprint density at radius 3 is 2.68 bits per heavy atom. The van der Waals surface area contributed by atoms with E-state index in [9.17, 15) is 12.8 Å². The van der Waals surface area contributed by atoms with E-state index in [4.69, 9.17) is 16.9 Å². The predicted molar refractivity (Wildman–Crippen MR) is 71.3 cm³/mol. The van der Waals surface area contributed by atoms with Gasteiger partial charge in [-0.05, 0) is 30.3 Å². The van der Waals surface area contributed by atoms with Gasteiger partial charge in [-0.25, -0.2) is 12.8 Å². The minimum absolute atomic E-state index is 0.0663. The quantitative estimate of drug-likeness (QED) is 0.945. The molecule has 0 spiro atoms. The lowest BCUT2D eigenvalue weighted by Crippen LogP contribution is -2.12. The molecule has 0 saturated heterocycles. The number of hydrogen-bond acceptors (Lipinski definition) is 4. The minimum Gasteiger partial charge on any atom is -0.276 e. The highest BCUT2D eigenvalue weighted by Gasteiger charge is 2.18. The Balaban J connectivity index is 2.36. The van der Waals surface area contributed by atoms with Crippen LogP contribution in [-0.2, 0) is 10.0 Å². The summed E-state index contributed by atoms with van der Waals surface area (Å²) >= 11 is 6.48. The molecule has 4 nitrogen and oxygen atoms in total. The van der Waals surface area contributed by atoms with Gasteiger partial charge in [-0.2, -0.15) is 5.26 Å². The third-order valence-electron chi connectivity index (χ3n) is 2.13. The van der Waals surface area contributed by atoms with E-state index in [0.717, 1.165) is 17.4 Å². The second-order valence-electron chi connectivity index (χ2n) is 3.46. The molecule has 0 saturated carbocycles. The molecule has 0 aliphatic carbocycles. The van der Waals surface area contributed by atoms with Crippen molar-refractivity contribution in [3.05, 3.63) is 46.0 Å². The summed E-state index contributed by atoms with van der Waals surface area (Å²) in [6.07, 6.45) is 0. The van der Waals surface area contributed by atoms with Gasteiger partial charge in [0.15, 0.2) is 0 Å². The van der Waals surface area contributed by atoms with Crippen LogP contribution in [-0.4, -0.2) is 8.42 Å². The largest absolute Gasteiger partial charge is 0.276 e. The van der Waals surface area contributed by atoms with E-state index in [1.54, 1.807) is 0 Å². The number of nitriles is 1. The van der Waals surface area contributed by atoms with Gasteiger partial charge in [0.1, 0.15) is 21.0 Å². The number of hydrogen-bond donors (Lipinski definition) is 1. The van der Waals surface area contributed by atoms with Crippen LogP contribution in [0.5, 0.6) is 0 Å². The topological polar surface area (TPSA) is 70.0 Å². The maximum absolute atomic E-state index is 13.5. The second kappa shape index (κ2) is 5.17. The summed E-state index contributed by atoms with van der Waals surface area (Å²) in [7, 11) is -3.92. The molecule has 1 heterocycles. The Morgan fingerprint density at radius 2 is 2.05 bits per heavy atom. The fraction of sp³-hybridized carbons (Fsp3) is 0. The van der Waals surface area contributed by atoms with Crippen molar-refractivity contribution in [2.45, 2.75) is 4.21 Å². The first-order chi connectivity index (χ1) is 8.92. The molecule has 1 N–H and O–H groups in total. The average molecular weight is 317 g/mol. The molecular formula is C11H6ClFN2O2S2. The zero-order valence-corrected chi connectivity index (χ0v) is 11.6. The van der Waals surface area contributed by atoms with E-state index < -0.39 is 15.8 Å². The van der Waals surface area contributed by atoms with E-state index in [0.29, 0.717) is 0 Å². The number of benzene rings is 1. The van der Waals surface area contributed by atoms with Gasteiger partial charge in [-0.3, -0.25) is 4.72 Å². The molecule has 2 rings (SSSR count). The highest BCUT2D eigenvalue weighted by molar-refractivity contribution is 7.94. The second-order valence-corrected chi connectivity index (χ2v) is 6.89. The standard InChI is InChI=1S/C11H6ClFN2O2S2/c12-7-1-3-9(13)10(5-7)15-19(16,17)11-4-2-8(6-14)18-11/h1-5,15H. The number of thiophene rings is 1. The maximum Gasteiger partial charge on any atom is 0.271 e. The van der Waals surface area contributed by atoms with Crippen LogP contribution in [0.1, 0.15) is 4.88 Å². The highest BCUT2D eigenvalue weighted by atomic mass is 35.5. The van der Waals surface area contributed by atoms with Crippen LogP contribution in [0.3, 0.4) is 0 Å². The summed E-state index contributed by atoms with van der Waals surface area (Å²) in [5.74, 6) is -0.731. The first-order valence-electron chi connectivity index (χ1n) is 4.90. The van der Waals surface area contributed by atoms with E-state index in [1.165, 1.54) is 24.3 Å². The van der Waals surface area contributed by atoms with Crippen molar-refractivity contribution in [3.8, 4) is 6.07 Å². The summed E-state index contributed by atoms with van der Waals surface area (Å²) in [4.78, 5) is 0.256. The number of sulfonamides is 1. The third kappa shape index (κ3) is 3.04. The molecule has 0 bridgehead atoms. The van der Waals surface area contributed by atoms with Crippen molar-refractivity contribution in [1.82, 2.24) is 0 Å². The van der Waals surface area contributed by atoms with Crippen molar-refractivity contribution < 1.29 is 12.8 Å². The summed E-state index contributed by atoms with van der Waals surface area (Å²) in [6, 6.07) is 8.05. The normalized spacial score (nSPS) is 11.0. The summed E-state index contributed by atoms with van der Waals surface area (Å²) in [6.45, 7) is 0. The van der Waals surface area contributed by atoms with Gasteiger partial charge in [0.25, 0.3) is 10.0 Å². The highest BCUT2D eigenvalue weighted by Crippen LogP contribution is 2.26. The van der Waals surface area contributed by atoms with Gasteiger partial charge in [-0.1, -0.05) is 11.6 Å².